The average molecular weight is 216 g/mol. The monoisotopic (exact) mass is 216 g/mol. The first-order valence-electron chi connectivity index (χ1n) is 5.70. The zero-order chi connectivity index (χ0) is 11.4. The van der Waals surface area contributed by atoms with Gasteiger partial charge >= 0.3 is 0 Å². The van der Waals surface area contributed by atoms with Crippen LogP contribution >= 0.6 is 0 Å². The smallest absolute Gasteiger partial charge is 0.225 e. The van der Waals surface area contributed by atoms with E-state index in [-0.39, 0.29) is 0 Å². The second-order valence-corrected chi connectivity index (χ2v) is 4.38. The van der Waals surface area contributed by atoms with Crippen molar-refractivity contribution in [3.8, 4) is 6.07 Å². The first-order valence-corrected chi connectivity index (χ1v) is 5.70. The van der Waals surface area contributed by atoms with Crippen molar-refractivity contribution < 1.29 is 0 Å². The van der Waals surface area contributed by atoms with E-state index in [0.717, 1.165) is 37.4 Å². The second kappa shape index (κ2) is 4.93. The van der Waals surface area contributed by atoms with Crippen LogP contribution in [0.4, 0.5) is 5.95 Å². The lowest BCUT2D eigenvalue weighted by molar-refractivity contribution is 0.418. The molecule has 0 amide bonds. The molecule has 84 valence electrons. The Hall–Kier alpha value is -1.63. The number of nitrogens with zero attached hydrogens (tertiary/aromatic N) is 4. The summed E-state index contributed by atoms with van der Waals surface area (Å²) in [6, 6.07) is 2.25. The Bertz CT molecular complexity index is 379. The summed E-state index contributed by atoms with van der Waals surface area (Å²) in [5.74, 6) is 1.27. The molecule has 0 saturated carbocycles. The largest absolute Gasteiger partial charge is 0.341 e. The third-order valence-electron chi connectivity index (χ3n) is 2.95. The maximum absolute atomic E-state index is 8.71. The van der Waals surface area contributed by atoms with Gasteiger partial charge in [0.1, 0.15) is 0 Å². The fourth-order valence-corrected chi connectivity index (χ4v) is 2.09. The molecule has 4 heteroatoms. The molecule has 0 aromatic carbocycles. The molecule has 2 heterocycles. The van der Waals surface area contributed by atoms with E-state index in [1.54, 1.807) is 0 Å². The third-order valence-corrected chi connectivity index (χ3v) is 2.95. The first kappa shape index (κ1) is 10.9. The van der Waals surface area contributed by atoms with Crippen LogP contribution in [0.3, 0.4) is 0 Å². The minimum atomic E-state index is 0.476. The van der Waals surface area contributed by atoms with Gasteiger partial charge in [0.2, 0.25) is 5.95 Å². The van der Waals surface area contributed by atoms with Gasteiger partial charge in [-0.05, 0) is 31.2 Å². The van der Waals surface area contributed by atoms with Gasteiger partial charge in [-0.25, -0.2) is 9.97 Å². The molecule has 2 rings (SSSR count). The molecule has 1 aliphatic heterocycles. The fraction of sp³-hybridized carbons (Fsp3) is 0.583. The SMILES string of the molecule is Cc1cnc(N2CCCC(CC#N)C2)nc1. The lowest BCUT2D eigenvalue weighted by Crippen LogP contribution is -2.36. The van der Waals surface area contributed by atoms with E-state index in [0.29, 0.717) is 12.3 Å². The normalized spacial score (nSPS) is 20.5. The summed E-state index contributed by atoms with van der Waals surface area (Å²) >= 11 is 0. The van der Waals surface area contributed by atoms with Crippen molar-refractivity contribution in [1.82, 2.24) is 9.97 Å². The number of hydrogen-bond donors (Lipinski definition) is 0. The van der Waals surface area contributed by atoms with E-state index in [2.05, 4.69) is 20.9 Å². The van der Waals surface area contributed by atoms with Crippen molar-refractivity contribution in [2.24, 2.45) is 5.92 Å². The summed E-state index contributed by atoms with van der Waals surface area (Å²) in [7, 11) is 0. The molecular formula is C12H16N4. The van der Waals surface area contributed by atoms with Gasteiger partial charge in [0, 0.05) is 31.9 Å². The van der Waals surface area contributed by atoms with E-state index in [9.17, 15) is 0 Å². The Labute approximate surface area is 95.9 Å². The number of hydrogen-bond acceptors (Lipinski definition) is 4. The minimum Gasteiger partial charge on any atom is -0.341 e. The van der Waals surface area contributed by atoms with Crippen LogP contribution in [0.2, 0.25) is 0 Å². The predicted octanol–water partition coefficient (Wildman–Crippen LogP) is 1.92. The number of piperidine rings is 1. The van der Waals surface area contributed by atoms with E-state index in [4.69, 9.17) is 5.26 Å². The second-order valence-electron chi connectivity index (χ2n) is 4.38. The van der Waals surface area contributed by atoms with Crippen LogP contribution in [0.1, 0.15) is 24.8 Å². The third kappa shape index (κ3) is 2.48. The van der Waals surface area contributed by atoms with Crippen LogP contribution in [0.15, 0.2) is 12.4 Å². The molecule has 0 spiro atoms. The summed E-state index contributed by atoms with van der Waals surface area (Å²) in [5, 5.41) is 8.71. The predicted molar refractivity (Wildman–Crippen MR) is 61.9 cm³/mol. The maximum Gasteiger partial charge on any atom is 0.225 e. The van der Waals surface area contributed by atoms with Gasteiger partial charge in [-0.2, -0.15) is 5.26 Å². The zero-order valence-electron chi connectivity index (χ0n) is 9.56. The number of anilines is 1. The molecule has 1 aromatic heterocycles. The molecule has 16 heavy (non-hydrogen) atoms. The van der Waals surface area contributed by atoms with Crippen molar-refractivity contribution in [2.45, 2.75) is 26.2 Å². The first-order chi connectivity index (χ1) is 7.79. The Balaban J connectivity index is 2.04. The standard InChI is InChI=1S/C12H16N4/c1-10-7-14-12(15-8-10)16-6-2-3-11(9-16)4-5-13/h7-8,11H,2-4,6,9H2,1H3. The Morgan fingerprint density at radius 1 is 1.50 bits per heavy atom. The van der Waals surface area contributed by atoms with Crippen LogP contribution < -0.4 is 4.90 Å². The summed E-state index contributed by atoms with van der Waals surface area (Å²) in [6.45, 7) is 3.90. The Morgan fingerprint density at radius 3 is 2.94 bits per heavy atom. The van der Waals surface area contributed by atoms with Gasteiger partial charge in [-0.3, -0.25) is 0 Å². The molecule has 1 saturated heterocycles. The van der Waals surface area contributed by atoms with E-state index in [1.807, 2.05) is 19.3 Å². The Kier molecular flexibility index (Phi) is 3.35. The molecule has 1 aromatic rings. The molecule has 1 fully saturated rings. The molecule has 0 bridgehead atoms. The number of aromatic nitrogens is 2. The highest BCUT2D eigenvalue weighted by Gasteiger charge is 2.21. The Morgan fingerprint density at radius 2 is 2.25 bits per heavy atom. The van der Waals surface area contributed by atoms with Crippen molar-refractivity contribution >= 4 is 5.95 Å². The van der Waals surface area contributed by atoms with Crippen LogP contribution in [-0.2, 0) is 0 Å². The van der Waals surface area contributed by atoms with E-state index >= 15 is 0 Å². The zero-order valence-corrected chi connectivity index (χ0v) is 9.56. The summed E-state index contributed by atoms with van der Waals surface area (Å²) in [4.78, 5) is 10.8. The van der Waals surface area contributed by atoms with Crippen molar-refractivity contribution in [3.63, 3.8) is 0 Å². The van der Waals surface area contributed by atoms with Gasteiger partial charge in [-0.15, -0.1) is 0 Å². The lowest BCUT2D eigenvalue weighted by Gasteiger charge is -2.31. The van der Waals surface area contributed by atoms with Crippen molar-refractivity contribution in [3.05, 3.63) is 18.0 Å². The van der Waals surface area contributed by atoms with E-state index in [1.165, 1.54) is 0 Å². The van der Waals surface area contributed by atoms with Crippen LogP contribution in [-0.4, -0.2) is 23.1 Å². The van der Waals surface area contributed by atoms with Gasteiger partial charge in [0.25, 0.3) is 0 Å². The summed E-state index contributed by atoms with van der Waals surface area (Å²) in [6.07, 6.45) is 6.61. The van der Waals surface area contributed by atoms with Crippen molar-refractivity contribution in [2.75, 3.05) is 18.0 Å². The van der Waals surface area contributed by atoms with Gasteiger partial charge < -0.3 is 4.90 Å². The summed E-state index contributed by atoms with van der Waals surface area (Å²) < 4.78 is 0. The molecule has 0 aliphatic carbocycles. The average Bonchev–Trinajstić information content (AvgIpc) is 2.31. The molecule has 1 unspecified atom stereocenters. The van der Waals surface area contributed by atoms with Crippen LogP contribution in [0, 0.1) is 24.2 Å². The minimum absolute atomic E-state index is 0.476. The molecule has 1 aliphatic rings. The summed E-state index contributed by atoms with van der Waals surface area (Å²) in [5.41, 5.74) is 1.08. The molecule has 0 N–H and O–H groups in total. The molecule has 1 atom stereocenters. The maximum atomic E-state index is 8.71. The molecule has 0 radical (unpaired) electrons. The quantitative estimate of drug-likeness (QED) is 0.757. The number of nitriles is 1. The highest BCUT2D eigenvalue weighted by atomic mass is 15.2. The number of aryl methyl sites for hydroxylation is 1. The van der Waals surface area contributed by atoms with Gasteiger partial charge in [0.05, 0.1) is 6.07 Å². The lowest BCUT2D eigenvalue weighted by atomic mass is 9.96. The number of rotatable bonds is 2. The van der Waals surface area contributed by atoms with E-state index < -0.39 is 0 Å². The van der Waals surface area contributed by atoms with Crippen LogP contribution in [0.25, 0.3) is 0 Å². The fourth-order valence-electron chi connectivity index (χ4n) is 2.09. The topological polar surface area (TPSA) is 52.8 Å². The highest BCUT2D eigenvalue weighted by molar-refractivity contribution is 5.30. The highest BCUT2D eigenvalue weighted by Crippen LogP contribution is 2.21. The van der Waals surface area contributed by atoms with Gasteiger partial charge in [0.15, 0.2) is 0 Å². The van der Waals surface area contributed by atoms with Crippen LogP contribution in [0.5, 0.6) is 0 Å². The molecule has 4 nitrogen and oxygen atoms in total. The molecular weight excluding hydrogens is 200 g/mol. The van der Waals surface area contributed by atoms with Gasteiger partial charge in [-0.1, -0.05) is 0 Å². The van der Waals surface area contributed by atoms with Crippen molar-refractivity contribution in [1.29, 1.82) is 5.26 Å².